The third kappa shape index (κ3) is 2.96. The van der Waals surface area contributed by atoms with Gasteiger partial charge >= 0.3 is 0 Å². The van der Waals surface area contributed by atoms with Gasteiger partial charge in [-0.3, -0.25) is 9.78 Å². The van der Waals surface area contributed by atoms with Crippen molar-refractivity contribution >= 4 is 11.6 Å². The number of aromatic nitrogens is 1. The minimum absolute atomic E-state index is 0.00596. The van der Waals surface area contributed by atoms with Crippen LogP contribution >= 0.6 is 0 Å². The van der Waals surface area contributed by atoms with Gasteiger partial charge in [0.25, 0.3) is 5.91 Å². The fourth-order valence-electron chi connectivity index (χ4n) is 1.86. The molecule has 0 aliphatic heterocycles. The summed E-state index contributed by atoms with van der Waals surface area (Å²) in [6, 6.07) is 8.88. The number of hydrogen-bond donors (Lipinski definition) is 1. The van der Waals surface area contributed by atoms with Crippen LogP contribution in [0.2, 0.25) is 0 Å². The second-order valence-corrected chi connectivity index (χ2v) is 4.55. The molecule has 1 aromatic carbocycles. The molecule has 1 aromatic heterocycles. The maximum Gasteiger partial charge on any atom is 0.258 e. The van der Waals surface area contributed by atoms with Gasteiger partial charge in [0, 0.05) is 11.9 Å². The lowest BCUT2D eigenvalue weighted by atomic mass is 10.0. The number of carbonyl (C=O) groups excluding carboxylic acids is 1. The van der Waals surface area contributed by atoms with Crippen LogP contribution in [-0.2, 0) is 0 Å². The summed E-state index contributed by atoms with van der Waals surface area (Å²) < 4.78 is 13.5. The highest BCUT2D eigenvalue weighted by Gasteiger charge is 2.14. The summed E-state index contributed by atoms with van der Waals surface area (Å²) in [6.07, 6.45) is 2.43. The van der Waals surface area contributed by atoms with Crippen molar-refractivity contribution < 1.29 is 9.18 Å². The van der Waals surface area contributed by atoms with Crippen LogP contribution < -0.4 is 5.32 Å². The van der Waals surface area contributed by atoms with Crippen molar-refractivity contribution in [2.75, 3.05) is 5.32 Å². The van der Waals surface area contributed by atoms with Crippen molar-refractivity contribution in [2.45, 2.75) is 19.8 Å². The third-order valence-electron chi connectivity index (χ3n) is 2.85. The summed E-state index contributed by atoms with van der Waals surface area (Å²) in [5, 5.41) is 2.74. The van der Waals surface area contributed by atoms with Crippen LogP contribution in [0.5, 0.6) is 0 Å². The van der Waals surface area contributed by atoms with E-state index in [4.69, 9.17) is 0 Å². The molecule has 0 radical (unpaired) electrons. The predicted octanol–water partition coefficient (Wildman–Crippen LogP) is 3.60. The first kappa shape index (κ1) is 13.2. The van der Waals surface area contributed by atoms with Crippen molar-refractivity contribution in [1.29, 1.82) is 0 Å². The summed E-state index contributed by atoms with van der Waals surface area (Å²) in [4.78, 5) is 15.7. The van der Waals surface area contributed by atoms with Crippen LogP contribution in [0.4, 0.5) is 10.1 Å². The van der Waals surface area contributed by atoms with Crippen LogP contribution in [0.3, 0.4) is 0 Å². The minimum atomic E-state index is -0.623. The van der Waals surface area contributed by atoms with Crippen molar-refractivity contribution in [2.24, 2.45) is 0 Å². The Kier molecular flexibility index (Phi) is 3.90. The third-order valence-corrected chi connectivity index (χ3v) is 2.85. The number of anilines is 1. The van der Waals surface area contributed by atoms with Gasteiger partial charge in [-0.15, -0.1) is 0 Å². The summed E-state index contributed by atoms with van der Waals surface area (Å²) in [5.41, 5.74) is 1.72. The molecule has 2 aromatic rings. The normalized spacial score (nSPS) is 10.5. The molecule has 1 heterocycles. The van der Waals surface area contributed by atoms with Crippen molar-refractivity contribution in [3.63, 3.8) is 0 Å². The Labute approximate surface area is 111 Å². The van der Waals surface area contributed by atoms with Gasteiger partial charge in [-0.25, -0.2) is 4.39 Å². The summed E-state index contributed by atoms with van der Waals surface area (Å²) in [7, 11) is 0. The summed E-state index contributed by atoms with van der Waals surface area (Å²) in [5.74, 6) is -0.811. The number of carbonyl (C=O) groups is 1. The quantitative estimate of drug-likeness (QED) is 0.914. The lowest BCUT2D eigenvalue weighted by molar-refractivity contribution is 0.102. The zero-order valence-corrected chi connectivity index (χ0v) is 10.9. The zero-order chi connectivity index (χ0) is 13.8. The Balaban J connectivity index is 2.27. The number of benzene rings is 1. The van der Waals surface area contributed by atoms with Crippen LogP contribution in [0.25, 0.3) is 0 Å². The Morgan fingerprint density at radius 2 is 2.00 bits per heavy atom. The topological polar surface area (TPSA) is 42.0 Å². The van der Waals surface area contributed by atoms with Crippen LogP contribution in [-0.4, -0.2) is 10.9 Å². The molecule has 19 heavy (non-hydrogen) atoms. The van der Waals surface area contributed by atoms with Gasteiger partial charge in [0.05, 0.1) is 11.8 Å². The standard InChI is InChI=1S/C15H15FN2O/c1-10(2)11-5-3-4-6-14(11)18-15(19)12-7-8-17-9-13(12)16/h3-10H,1-2H3,(H,18,19). The Hall–Kier alpha value is -2.23. The van der Waals surface area contributed by atoms with Gasteiger partial charge in [0.2, 0.25) is 0 Å². The molecule has 0 fully saturated rings. The van der Waals surface area contributed by atoms with E-state index in [0.717, 1.165) is 11.8 Å². The maximum absolute atomic E-state index is 13.5. The highest BCUT2D eigenvalue weighted by atomic mass is 19.1. The summed E-state index contributed by atoms with van der Waals surface area (Å²) >= 11 is 0. The van der Waals surface area contributed by atoms with E-state index in [0.29, 0.717) is 5.69 Å². The number of nitrogens with zero attached hydrogens (tertiary/aromatic N) is 1. The van der Waals surface area contributed by atoms with Gasteiger partial charge < -0.3 is 5.32 Å². The molecule has 98 valence electrons. The van der Waals surface area contributed by atoms with E-state index in [-0.39, 0.29) is 11.5 Å². The molecule has 1 N–H and O–H groups in total. The predicted molar refractivity (Wildman–Crippen MR) is 72.7 cm³/mol. The number of amides is 1. The zero-order valence-electron chi connectivity index (χ0n) is 10.9. The first-order chi connectivity index (χ1) is 9.09. The lowest BCUT2D eigenvalue weighted by Gasteiger charge is -2.13. The maximum atomic E-state index is 13.5. The smallest absolute Gasteiger partial charge is 0.258 e. The second-order valence-electron chi connectivity index (χ2n) is 4.55. The fourth-order valence-corrected chi connectivity index (χ4v) is 1.86. The molecule has 0 saturated heterocycles. The fraction of sp³-hybridized carbons (Fsp3) is 0.200. The van der Waals surface area contributed by atoms with E-state index in [1.807, 2.05) is 38.1 Å². The van der Waals surface area contributed by atoms with Gasteiger partial charge in [0.1, 0.15) is 0 Å². The Morgan fingerprint density at radius 1 is 1.26 bits per heavy atom. The molecule has 0 aliphatic rings. The van der Waals surface area contributed by atoms with Crippen LogP contribution in [0.15, 0.2) is 42.7 Å². The van der Waals surface area contributed by atoms with E-state index >= 15 is 0 Å². The molecule has 1 amide bonds. The molecule has 0 unspecified atom stereocenters. The number of nitrogens with one attached hydrogen (secondary N) is 1. The van der Waals surface area contributed by atoms with Crippen LogP contribution in [0, 0.1) is 5.82 Å². The van der Waals surface area contributed by atoms with E-state index < -0.39 is 11.7 Å². The first-order valence-corrected chi connectivity index (χ1v) is 6.09. The van der Waals surface area contributed by atoms with E-state index in [2.05, 4.69) is 10.3 Å². The van der Waals surface area contributed by atoms with Crippen molar-refractivity contribution in [3.05, 3.63) is 59.7 Å². The molecular formula is C15H15FN2O. The van der Waals surface area contributed by atoms with Gasteiger partial charge in [-0.1, -0.05) is 32.0 Å². The molecule has 0 aliphatic carbocycles. The van der Waals surface area contributed by atoms with Gasteiger partial charge in [-0.2, -0.15) is 0 Å². The number of rotatable bonds is 3. The molecule has 4 heteroatoms. The molecule has 0 spiro atoms. The SMILES string of the molecule is CC(C)c1ccccc1NC(=O)c1ccncc1F. The number of hydrogen-bond acceptors (Lipinski definition) is 2. The largest absolute Gasteiger partial charge is 0.322 e. The molecule has 0 bridgehead atoms. The Morgan fingerprint density at radius 3 is 2.68 bits per heavy atom. The minimum Gasteiger partial charge on any atom is -0.322 e. The summed E-state index contributed by atoms with van der Waals surface area (Å²) in [6.45, 7) is 4.08. The highest BCUT2D eigenvalue weighted by Crippen LogP contribution is 2.24. The average molecular weight is 258 g/mol. The molecule has 3 nitrogen and oxygen atoms in total. The highest BCUT2D eigenvalue weighted by molar-refractivity contribution is 6.04. The average Bonchev–Trinajstić information content (AvgIpc) is 2.39. The molecule has 0 saturated carbocycles. The number of para-hydroxylation sites is 1. The molecular weight excluding hydrogens is 243 g/mol. The van der Waals surface area contributed by atoms with Gasteiger partial charge in [-0.05, 0) is 23.6 Å². The molecule has 0 atom stereocenters. The number of pyridine rings is 1. The van der Waals surface area contributed by atoms with E-state index in [1.54, 1.807) is 0 Å². The second kappa shape index (κ2) is 5.61. The van der Waals surface area contributed by atoms with Crippen molar-refractivity contribution in [1.82, 2.24) is 4.98 Å². The first-order valence-electron chi connectivity index (χ1n) is 6.09. The van der Waals surface area contributed by atoms with E-state index in [9.17, 15) is 9.18 Å². The lowest BCUT2D eigenvalue weighted by Crippen LogP contribution is -2.15. The van der Waals surface area contributed by atoms with Crippen LogP contribution in [0.1, 0.15) is 35.7 Å². The molecule has 2 rings (SSSR count). The van der Waals surface area contributed by atoms with E-state index in [1.165, 1.54) is 12.3 Å². The monoisotopic (exact) mass is 258 g/mol. The van der Waals surface area contributed by atoms with Gasteiger partial charge in [0.15, 0.2) is 5.82 Å². The van der Waals surface area contributed by atoms with Crippen molar-refractivity contribution in [3.8, 4) is 0 Å². The Bertz CT molecular complexity index is 596. The number of halogens is 1.